The predicted octanol–water partition coefficient (Wildman–Crippen LogP) is 3.93. The Balaban J connectivity index is 2.01. The van der Waals surface area contributed by atoms with Crippen molar-refractivity contribution in [2.45, 2.75) is 22.9 Å². The third kappa shape index (κ3) is 3.20. The summed E-state index contributed by atoms with van der Waals surface area (Å²) >= 11 is 4.72. The van der Waals surface area contributed by atoms with Crippen molar-refractivity contribution >= 4 is 45.2 Å². The molecule has 1 N–H and O–H groups in total. The summed E-state index contributed by atoms with van der Waals surface area (Å²) in [5.74, 6) is 0.236. The number of hydrogen-bond acceptors (Lipinski definition) is 1. The fourth-order valence-corrected chi connectivity index (χ4v) is 2.85. The van der Waals surface area contributed by atoms with E-state index in [9.17, 15) is 5.11 Å². The first kappa shape index (κ1) is 12.8. The van der Waals surface area contributed by atoms with Crippen LogP contribution in [0.5, 0.6) is 0 Å². The van der Waals surface area contributed by atoms with Gasteiger partial charge in [-0.2, -0.15) is 0 Å². The van der Waals surface area contributed by atoms with Gasteiger partial charge in [-0.3, -0.25) is 0 Å². The Morgan fingerprint density at radius 1 is 1.19 bits per heavy atom. The number of aliphatic hydroxyl groups excluding tert-OH is 1. The zero-order chi connectivity index (χ0) is 11.5. The molecule has 1 nitrogen and oxygen atoms in total. The molecule has 0 aromatic heterocycles. The van der Waals surface area contributed by atoms with Crippen LogP contribution in [0.15, 0.2) is 45.6 Å². The first-order valence-electron chi connectivity index (χ1n) is 5.41. The Morgan fingerprint density at radius 3 is 2.56 bits per heavy atom. The molecule has 0 saturated carbocycles. The van der Waals surface area contributed by atoms with Crippen LogP contribution >= 0.6 is 45.2 Å². The summed E-state index contributed by atoms with van der Waals surface area (Å²) in [5.41, 5.74) is 1.08. The van der Waals surface area contributed by atoms with Crippen molar-refractivity contribution in [3.8, 4) is 0 Å². The lowest BCUT2D eigenvalue weighted by Gasteiger charge is -2.24. The van der Waals surface area contributed by atoms with Crippen LogP contribution in [0.3, 0.4) is 0 Å². The van der Waals surface area contributed by atoms with E-state index in [1.54, 1.807) is 0 Å². The maximum absolute atomic E-state index is 10.3. The van der Waals surface area contributed by atoms with Crippen molar-refractivity contribution in [1.29, 1.82) is 0 Å². The highest BCUT2D eigenvalue weighted by Crippen LogP contribution is 2.28. The first-order chi connectivity index (χ1) is 7.66. The van der Waals surface area contributed by atoms with Gasteiger partial charge < -0.3 is 5.11 Å². The second kappa shape index (κ2) is 5.82. The fraction of sp³-hybridized carbons (Fsp3) is 0.385. The number of rotatable bonds is 2. The van der Waals surface area contributed by atoms with Crippen LogP contribution in [0.25, 0.3) is 0 Å². The molecular weight excluding hydrogens is 426 g/mol. The molecule has 0 spiro atoms. The number of aliphatic hydroxyl groups is 1. The molecule has 0 aliphatic heterocycles. The molecule has 2 rings (SSSR count). The lowest BCUT2D eigenvalue weighted by Crippen LogP contribution is -2.22. The van der Waals surface area contributed by atoms with E-state index in [1.165, 1.54) is 3.58 Å². The van der Waals surface area contributed by atoms with E-state index in [0.717, 1.165) is 18.4 Å². The molecule has 3 atom stereocenters. The minimum atomic E-state index is -0.350. The van der Waals surface area contributed by atoms with Gasteiger partial charge in [-0.15, -0.1) is 0 Å². The zero-order valence-corrected chi connectivity index (χ0v) is 13.1. The van der Waals surface area contributed by atoms with Crippen LogP contribution in [0.4, 0.5) is 0 Å². The SMILES string of the molecule is OC(C1=CCC(I)C=C1)C1C=CC(I)=CC1. The molecule has 2 aliphatic rings. The number of alkyl halides is 1. The van der Waals surface area contributed by atoms with E-state index in [-0.39, 0.29) is 12.0 Å². The van der Waals surface area contributed by atoms with Crippen molar-refractivity contribution in [2.24, 2.45) is 5.92 Å². The standard InChI is InChI=1S/C13H14I2O/c14-11-5-1-9(2-6-11)13(16)10-3-7-12(15)8-4-10/h1-3,5,7-8,10-11,13,16H,4,6H2. The number of hydrogen-bond donors (Lipinski definition) is 1. The summed E-state index contributed by atoms with van der Waals surface area (Å²) in [5, 5.41) is 10.3. The quantitative estimate of drug-likeness (QED) is 0.510. The molecule has 0 bridgehead atoms. The van der Waals surface area contributed by atoms with Crippen molar-refractivity contribution in [1.82, 2.24) is 0 Å². The molecule has 86 valence electrons. The summed E-state index contributed by atoms with van der Waals surface area (Å²) in [6.45, 7) is 0. The van der Waals surface area contributed by atoms with Gasteiger partial charge in [-0.1, -0.05) is 59.0 Å². The van der Waals surface area contributed by atoms with Gasteiger partial charge in [0.05, 0.1) is 6.10 Å². The Labute approximate surface area is 124 Å². The molecule has 0 amide bonds. The highest BCUT2D eigenvalue weighted by molar-refractivity contribution is 14.1. The van der Waals surface area contributed by atoms with Crippen molar-refractivity contribution in [3.63, 3.8) is 0 Å². The Morgan fingerprint density at radius 2 is 2.00 bits per heavy atom. The Kier molecular flexibility index (Phi) is 4.66. The van der Waals surface area contributed by atoms with Crippen molar-refractivity contribution in [3.05, 3.63) is 45.6 Å². The van der Waals surface area contributed by atoms with E-state index in [2.05, 4.69) is 81.6 Å². The van der Waals surface area contributed by atoms with Gasteiger partial charge in [-0.25, -0.2) is 0 Å². The molecule has 3 heteroatoms. The summed E-state index contributed by atoms with van der Waals surface area (Å²) in [6.07, 6.45) is 14.4. The number of allylic oxidation sites excluding steroid dienone is 5. The maximum atomic E-state index is 10.3. The Bertz CT molecular complexity index is 379. The molecule has 0 aromatic rings. The average molecular weight is 440 g/mol. The smallest absolute Gasteiger partial charge is 0.0852 e. The van der Waals surface area contributed by atoms with Gasteiger partial charge >= 0.3 is 0 Å². The van der Waals surface area contributed by atoms with E-state index in [1.807, 2.05) is 0 Å². The highest BCUT2D eigenvalue weighted by Gasteiger charge is 2.21. The molecule has 0 saturated heterocycles. The Hall–Kier alpha value is 0.380. The minimum Gasteiger partial charge on any atom is -0.388 e. The third-order valence-electron chi connectivity index (χ3n) is 2.91. The summed E-state index contributed by atoms with van der Waals surface area (Å²) in [6, 6.07) is 0. The minimum absolute atomic E-state index is 0.236. The molecule has 0 radical (unpaired) electrons. The summed E-state index contributed by atoms with van der Waals surface area (Å²) < 4.78 is 1.85. The molecule has 16 heavy (non-hydrogen) atoms. The van der Waals surface area contributed by atoms with Crippen LogP contribution in [0.2, 0.25) is 0 Å². The van der Waals surface area contributed by atoms with E-state index in [4.69, 9.17) is 0 Å². The lowest BCUT2D eigenvalue weighted by atomic mass is 9.88. The molecule has 2 aliphatic carbocycles. The zero-order valence-electron chi connectivity index (χ0n) is 8.81. The summed E-state index contributed by atoms with van der Waals surface area (Å²) in [7, 11) is 0. The second-order valence-corrected chi connectivity index (χ2v) is 6.95. The van der Waals surface area contributed by atoms with Gasteiger partial charge in [0.15, 0.2) is 0 Å². The van der Waals surface area contributed by atoms with Crippen molar-refractivity contribution < 1.29 is 5.11 Å². The van der Waals surface area contributed by atoms with Crippen LogP contribution in [-0.4, -0.2) is 15.1 Å². The van der Waals surface area contributed by atoms with E-state index < -0.39 is 0 Å². The van der Waals surface area contributed by atoms with E-state index in [0.29, 0.717) is 3.92 Å². The normalized spacial score (nSPS) is 30.9. The monoisotopic (exact) mass is 440 g/mol. The summed E-state index contributed by atoms with van der Waals surface area (Å²) in [4.78, 5) is 0. The van der Waals surface area contributed by atoms with Gasteiger partial charge in [0.1, 0.15) is 0 Å². The van der Waals surface area contributed by atoms with Crippen molar-refractivity contribution in [2.75, 3.05) is 0 Å². The average Bonchev–Trinajstić information content (AvgIpc) is 2.30. The molecule has 0 aromatic carbocycles. The van der Waals surface area contributed by atoms with Crippen LogP contribution in [-0.2, 0) is 0 Å². The van der Waals surface area contributed by atoms with E-state index >= 15 is 0 Å². The van der Waals surface area contributed by atoms with Gasteiger partial charge in [0.25, 0.3) is 0 Å². The maximum Gasteiger partial charge on any atom is 0.0852 e. The van der Waals surface area contributed by atoms with Gasteiger partial charge in [0.2, 0.25) is 0 Å². The molecule has 0 fully saturated rings. The first-order valence-corrected chi connectivity index (χ1v) is 7.73. The predicted molar refractivity (Wildman–Crippen MR) is 85.0 cm³/mol. The largest absolute Gasteiger partial charge is 0.388 e. The van der Waals surface area contributed by atoms with Crippen LogP contribution in [0.1, 0.15) is 12.8 Å². The van der Waals surface area contributed by atoms with Gasteiger partial charge in [0, 0.05) is 13.4 Å². The third-order valence-corrected chi connectivity index (χ3v) is 4.63. The molecule has 0 heterocycles. The van der Waals surface area contributed by atoms with Gasteiger partial charge in [-0.05, 0) is 41.0 Å². The van der Waals surface area contributed by atoms with Crippen LogP contribution < -0.4 is 0 Å². The lowest BCUT2D eigenvalue weighted by molar-refractivity contribution is 0.168. The molecule has 3 unspecified atom stereocenters. The molecular formula is C13H14I2O. The van der Waals surface area contributed by atoms with Crippen LogP contribution in [0, 0.1) is 5.92 Å². The highest BCUT2D eigenvalue weighted by atomic mass is 127. The second-order valence-electron chi connectivity index (χ2n) is 4.11. The topological polar surface area (TPSA) is 20.2 Å². The fourth-order valence-electron chi connectivity index (χ4n) is 1.92. The number of halogens is 2.